The highest BCUT2D eigenvalue weighted by molar-refractivity contribution is 8.00. The number of benzene rings is 3. The van der Waals surface area contributed by atoms with E-state index in [1.54, 1.807) is 11.8 Å². The predicted octanol–water partition coefficient (Wildman–Crippen LogP) is 5.69. The molecule has 1 aliphatic rings. The number of hydrogen-bond donors (Lipinski definition) is 1. The van der Waals surface area contributed by atoms with Crippen molar-refractivity contribution in [3.05, 3.63) is 95.6 Å². The second-order valence-corrected chi connectivity index (χ2v) is 8.57. The van der Waals surface area contributed by atoms with Crippen molar-refractivity contribution in [2.24, 2.45) is 0 Å². The van der Waals surface area contributed by atoms with E-state index in [4.69, 9.17) is 11.6 Å². The summed E-state index contributed by atoms with van der Waals surface area (Å²) in [6.45, 7) is 1.99. The number of carbonyl (C=O) groups excluding carboxylic acids is 2. The fraction of sp³-hybridized carbons (Fsp3) is 0.167. The van der Waals surface area contributed by atoms with Crippen LogP contribution in [-0.2, 0) is 9.59 Å². The van der Waals surface area contributed by atoms with Crippen LogP contribution in [0.5, 0.6) is 0 Å². The molecule has 1 saturated heterocycles. The van der Waals surface area contributed by atoms with Gasteiger partial charge in [-0.2, -0.15) is 0 Å². The molecule has 1 N–H and O–H groups in total. The molecule has 4 rings (SSSR count). The second kappa shape index (κ2) is 8.94. The number of amides is 2. The van der Waals surface area contributed by atoms with Crippen molar-refractivity contribution in [1.29, 1.82) is 0 Å². The van der Waals surface area contributed by atoms with Gasteiger partial charge in [-0.25, -0.2) is 0 Å². The molecule has 30 heavy (non-hydrogen) atoms. The average Bonchev–Trinajstić information content (AvgIpc) is 3.15. The van der Waals surface area contributed by atoms with Gasteiger partial charge in [0.15, 0.2) is 0 Å². The van der Waals surface area contributed by atoms with Crippen LogP contribution in [0.25, 0.3) is 0 Å². The van der Waals surface area contributed by atoms with Crippen LogP contribution in [0.15, 0.2) is 78.9 Å². The fourth-order valence-corrected chi connectivity index (χ4v) is 4.95. The Labute approximate surface area is 185 Å². The van der Waals surface area contributed by atoms with Crippen molar-refractivity contribution in [2.75, 3.05) is 16.0 Å². The van der Waals surface area contributed by atoms with E-state index >= 15 is 0 Å². The molecule has 2 atom stereocenters. The summed E-state index contributed by atoms with van der Waals surface area (Å²) in [5, 5.41) is 1.94. The van der Waals surface area contributed by atoms with Crippen LogP contribution < -0.4 is 10.2 Å². The SMILES string of the molecule is Cc1ccccc1N1C(=O)CSC1c1ccccc1NC(=O)C(Cl)c1ccccc1. The Kier molecular flexibility index (Phi) is 6.11. The third-order valence-electron chi connectivity index (χ3n) is 5.05. The van der Waals surface area contributed by atoms with Gasteiger partial charge >= 0.3 is 0 Å². The standard InChI is InChI=1S/C24H21ClN2O2S/c1-16-9-5-8-14-20(16)27-21(28)15-30-24(27)18-12-6-7-13-19(18)26-23(29)22(25)17-10-3-2-4-11-17/h2-14,22,24H,15H2,1H3,(H,26,29). The highest BCUT2D eigenvalue weighted by Gasteiger charge is 2.36. The quantitative estimate of drug-likeness (QED) is 0.522. The monoisotopic (exact) mass is 436 g/mol. The van der Waals surface area contributed by atoms with Crippen molar-refractivity contribution in [3.63, 3.8) is 0 Å². The number of carbonyl (C=O) groups is 2. The number of thioether (sulfide) groups is 1. The maximum Gasteiger partial charge on any atom is 0.246 e. The number of para-hydroxylation sites is 2. The van der Waals surface area contributed by atoms with E-state index in [0.29, 0.717) is 11.4 Å². The lowest BCUT2D eigenvalue weighted by molar-refractivity contribution is -0.116. The molecule has 2 unspecified atom stereocenters. The van der Waals surface area contributed by atoms with Crippen LogP contribution in [0, 0.1) is 6.92 Å². The Morgan fingerprint density at radius 1 is 1.03 bits per heavy atom. The zero-order valence-corrected chi connectivity index (χ0v) is 18.0. The first-order valence-corrected chi connectivity index (χ1v) is 11.1. The maximum atomic E-state index is 12.8. The number of aryl methyl sites for hydroxylation is 1. The first-order valence-electron chi connectivity index (χ1n) is 9.64. The van der Waals surface area contributed by atoms with Gasteiger partial charge in [0.1, 0.15) is 10.8 Å². The molecule has 1 heterocycles. The van der Waals surface area contributed by atoms with E-state index in [0.717, 1.165) is 22.4 Å². The molecule has 2 amide bonds. The topological polar surface area (TPSA) is 49.4 Å². The number of halogens is 1. The third kappa shape index (κ3) is 4.09. The van der Waals surface area contributed by atoms with Crippen LogP contribution in [0.1, 0.15) is 27.4 Å². The van der Waals surface area contributed by atoms with E-state index in [1.165, 1.54) is 0 Å². The van der Waals surface area contributed by atoms with Gasteiger partial charge in [0, 0.05) is 16.9 Å². The van der Waals surface area contributed by atoms with Crippen LogP contribution in [0.4, 0.5) is 11.4 Å². The normalized spacial score (nSPS) is 17.1. The molecule has 0 radical (unpaired) electrons. The van der Waals surface area contributed by atoms with E-state index in [-0.39, 0.29) is 17.2 Å². The molecule has 3 aromatic carbocycles. The zero-order valence-electron chi connectivity index (χ0n) is 16.4. The van der Waals surface area contributed by atoms with Gasteiger partial charge in [-0.3, -0.25) is 14.5 Å². The number of anilines is 2. The molecule has 4 nitrogen and oxygen atoms in total. The number of rotatable bonds is 5. The van der Waals surface area contributed by atoms with Gasteiger partial charge in [0.05, 0.1) is 5.75 Å². The summed E-state index contributed by atoms with van der Waals surface area (Å²) in [5.41, 5.74) is 4.20. The van der Waals surface area contributed by atoms with Crippen LogP contribution in [0.3, 0.4) is 0 Å². The summed E-state index contributed by atoms with van der Waals surface area (Å²) in [6, 6.07) is 24.7. The van der Waals surface area contributed by atoms with Crippen LogP contribution >= 0.6 is 23.4 Å². The van der Waals surface area contributed by atoms with E-state index in [1.807, 2.05) is 90.7 Å². The maximum absolute atomic E-state index is 12.8. The Bertz CT molecular complexity index is 1070. The first-order chi connectivity index (χ1) is 14.6. The Morgan fingerprint density at radius 2 is 1.70 bits per heavy atom. The lowest BCUT2D eigenvalue weighted by Crippen LogP contribution is -2.29. The van der Waals surface area contributed by atoms with Crippen molar-refractivity contribution in [2.45, 2.75) is 17.7 Å². The molecule has 152 valence electrons. The van der Waals surface area contributed by atoms with Gasteiger partial charge in [-0.05, 0) is 30.2 Å². The predicted molar refractivity (Wildman–Crippen MR) is 124 cm³/mol. The molecular formula is C24H21ClN2O2S. The summed E-state index contributed by atoms with van der Waals surface area (Å²) in [4.78, 5) is 27.4. The molecule has 6 heteroatoms. The summed E-state index contributed by atoms with van der Waals surface area (Å²) < 4.78 is 0. The Hall–Kier alpha value is -2.76. The minimum atomic E-state index is -0.801. The highest BCUT2D eigenvalue weighted by Crippen LogP contribution is 2.45. The summed E-state index contributed by atoms with van der Waals surface area (Å²) in [6.07, 6.45) is 0. The van der Waals surface area contributed by atoms with Crippen LogP contribution in [0.2, 0.25) is 0 Å². The summed E-state index contributed by atoms with van der Waals surface area (Å²) in [5.74, 6) is 0.149. The largest absolute Gasteiger partial charge is 0.324 e. The van der Waals surface area contributed by atoms with Crippen molar-refractivity contribution in [1.82, 2.24) is 0 Å². The minimum absolute atomic E-state index is 0.0555. The van der Waals surface area contributed by atoms with E-state index in [2.05, 4.69) is 5.32 Å². The highest BCUT2D eigenvalue weighted by atomic mass is 35.5. The van der Waals surface area contributed by atoms with Crippen molar-refractivity contribution in [3.8, 4) is 0 Å². The van der Waals surface area contributed by atoms with E-state index < -0.39 is 5.38 Å². The first kappa shape index (κ1) is 20.5. The zero-order chi connectivity index (χ0) is 21.1. The van der Waals surface area contributed by atoms with Gasteiger partial charge < -0.3 is 5.32 Å². The number of alkyl halides is 1. The number of nitrogens with one attached hydrogen (secondary N) is 1. The lowest BCUT2D eigenvalue weighted by Gasteiger charge is -2.27. The smallest absolute Gasteiger partial charge is 0.246 e. The summed E-state index contributed by atoms with van der Waals surface area (Å²) >= 11 is 7.96. The molecule has 0 aromatic heterocycles. The third-order valence-corrected chi connectivity index (χ3v) is 6.69. The van der Waals surface area contributed by atoms with Crippen LogP contribution in [-0.4, -0.2) is 17.6 Å². The van der Waals surface area contributed by atoms with Crippen molar-refractivity contribution < 1.29 is 9.59 Å². The van der Waals surface area contributed by atoms with Gasteiger partial charge in [0.2, 0.25) is 11.8 Å². The van der Waals surface area contributed by atoms with Gasteiger partial charge in [0.25, 0.3) is 0 Å². The molecule has 0 saturated carbocycles. The summed E-state index contributed by atoms with van der Waals surface area (Å²) in [7, 11) is 0. The second-order valence-electron chi connectivity index (χ2n) is 7.06. The molecule has 0 spiro atoms. The van der Waals surface area contributed by atoms with Gasteiger partial charge in [-0.15, -0.1) is 23.4 Å². The van der Waals surface area contributed by atoms with Gasteiger partial charge in [-0.1, -0.05) is 66.7 Å². The number of nitrogens with zero attached hydrogens (tertiary/aromatic N) is 1. The lowest BCUT2D eigenvalue weighted by atomic mass is 10.1. The van der Waals surface area contributed by atoms with E-state index in [9.17, 15) is 9.59 Å². The van der Waals surface area contributed by atoms with Crippen molar-refractivity contribution >= 4 is 46.6 Å². The number of hydrogen-bond acceptors (Lipinski definition) is 3. The molecule has 1 aliphatic heterocycles. The molecule has 3 aromatic rings. The molecule has 0 bridgehead atoms. The Balaban J connectivity index is 1.64. The molecule has 0 aliphatic carbocycles. The Morgan fingerprint density at radius 3 is 2.47 bits per heavy atom. The molecule has 1 fully saturated rings. The fourth-order valence-electron chi connectivity index (χ4n) is 3.54. The average molecular weight is 437 g/mol. The minimum Gasteiger partial charge on any atom is -0.324 e. The molecular weight excluding hydrogens is 416 g/mol.